The van der Waals surface area contributed by atoms with E-state index in [9.17, 15) is 21.6 Å². The number of nitrogens with zero attached hydrogens (tertiary/aromatic N) is 3. The predicted molar refractivity (Wildman–Crippen MR) is 112 cm³/mol. The Labute approximate surface area is 177 Å². The maximum atomic E-state index is 12.6. The first-order valence-electron chi connectivity index (χ1n) is 8.89. The van der Waals surface area contributed by atoms with Gasteiger partial charge in [0.1, 0.15) is 0 Å². The molecule has 0 unspecified atom stereocenters. The molecule has 7 nitrogen and oxygen atoms in total. The van der Waals surface area contributed by atoms with E-state index in [1.165, 1.54) is 0 Å². The third-order valence-electron chi connectivity index (χ3n) is 4.60. The molecule has 1 aliphatic rings. The maximum Gasteiger partial charge on any atom is 0.511 e. The fourth-order valence-electron chi connectivity index (χ4n) is 2.83. The second kappa shape index (κ2) is 12.3. The van der Waals surface area contributed by atoms with Gasteiger partial charge in [0.15, 0.2) is 5.96 Å². The number of aliphatic imine (C=N–C) groups is 1. The summed E-state index contributed by atoms with van der Waals surface area (Å²) in [6, 6.07) is 0. The zero-order valence-electron chi connectivity index (χ0n) is 16.0. The van der Waals surface area contributed by atoms with Crippen molar-refractivity contribution in [2.45, 2.75) is 32.2 Å². The Kier molecular flexibility index (Phi) is 12.1. The number of likely N-dealkylation sites (N-methyl/N-ethyl adjacent to an activating group) is 1. The summed E-state index contributed by atoms with van der Waals surface area (Å²) in [5.41, 5.74) is -5.23. The quantitative estimate of drug-likeness (QED) is 0.284. The summed E-state index contributed by atoms with van der Waals surface area (Å²) in [6.07, 6.45) is 0.775. The van der Waals surface area contributed by atoms with Crippen LogP contribution in [0.4, 0.5) is 13.2 Å². The molecular weight excluding hydrogens is 498 g/mol. The Morgan fingerprint density at radius 3 is 2.19 bits per heavy atom. The van der Waals surface area contributed by atoms with Crippen LogP contribution in [0.2, 0.25) is 0 Å². The molecule has 27 heavy (non-hydrogen) atoms. The van der Waals surface area contributed by atoms with Gasteiger partial charge in [-0.1, -0.05) is 13.8 Å². The fourth-order valence-corrected chi connectivity index (χ4v) is 3.82. The minimum atomic E-state index is -5.23. The van der Waals surface area contributed by atoms with Crippen LogP contribution in [0.15, 0.2) is 4.99 Å². The normalized spacial score (nSPS) is 17.7. The van der Waals surface area contributed by atoms with Crippen molar-refractivity contribution in [1.82, 2.24) is 19.8 Å². The predicted octanol–water partition coefficient (Wildman–Crippen LogP) is 1.67. The van der Waals surface area contributed by atoms with Gasteiger partial charge < -0.3 is 15.5 Å². The number of halogens is 4. The zero-order chi connectivity index (χ0) is 19.8. The van der Waals surface area contributed by atoms with Crippen LogP contribution in [0.25, 0.3) is 0 Å². The van der Waals surface area contributed by atoms with Crippen molar-refractivity contribution in [2.24, 2.45) is 10.9 Å². The van der Waals surface area contributed by atoms with Crippen molar-refractivity contribution in [3.05, 3.63) is 0 Å². The second-order valence-electron chi connectivity index (χ2n) is 6.20. The van der Waals surface area contributed by atoms with Crippen molar-refractivity contribution in [1.29, 1.82) is 0 Å². The minimum Gasteiger partial charge on any atom is -0.356 e. The lowest BCUT2D eigenvalue weighted by atomic mass is 9.98. The SMILES string of the molecule is CCN(CC)CCNC(=NC)NCC1CCN(S(=O)(=O)C(F)(F)F)CC1.I. The average Bonchev–Trinajstić information content (AvgIpc) is 2.60. The third-order valence-corrected chi connectivity index (χ3v) is 6.23. The van der Waals surface area contributed by atoms with Crippen LogP contribution in [0, 0.1) is 5.92 Å². The van der Waals surface area contributed by atoms with Gasteiger partial charge in [0.05, 0.1) is 0 Å². The van der Waals surface area contributed by atoms with Gasteiger partial charge in [-0.05, 0) is 31.8 Å². The van der Waals surface area contributed by atoms with Crippen molar-refractivity contribution >= 4 is 40.0 Å². The van der Waals surface area contributed by atoms with Crippen LogP contribution < -0.4 is 10.6 Å². The summed E-state index contributed by atoms with van der Waals surface area (Å²) in [7, 11) is -3.55. The van der Waals surface area contributed by atoms with Crippen LogP contribution >= 0.6 is 24.0 Å². The smallest absolute Gasteiger partial charge is 0.356 e. The molecule has 1 fully saturated rings. The highest BCUT2D eigenvalue weighted by atomic mass is 127. The van der Waals surface area contributed by atoms with E-state index in [2.05, 4.69) is 34.4 Å². The van der Waals surface area contributed by atoms with E-state index in [-0.39, 0.29) is 43.0 Å². The minimum absolute atomic E-state index is 0. The van der Waals surface area contributed by atoms with E-state index >= 15 is 0 Å². The molecule has 0 aromatic rings. The van der Waals surface area contributed by atoms with E-state index in [1.807, 2.05) is 0 Å². The summed E-state index contributed by atoms with van der Waals surface area (Å²) in [5.74, 6) is 0.749. The number of rotatable bonds is 8. The van der Waals surface area contributed by atoms with Gasteiger partial charge in [-0.25, -0.2) is 8.42 Å². The molecule has 12 heteroatoms. The molecule has 1 heterocycles. The van der Waals surface area contributed by atoms with E-state index in [0.717, 1.165) is 26.2 Å². The molecule has 1 rings (SSSR count). The molecule has 0 aromatic carbocycles. The number of hydrogen-bond donors (Lipinski definition) is 2. The lowest BCUT2D eigenvalue weighted by molar-refractivity contribution is -0.0496. The molecule has 0 saturated carbocycles. The van der Waals surface area contributed by atoms with Gasteiger partial charge in [-0.3, -0.25) is 4.99 Å². The number of hydrogen-bond acceptors (Lipinski definition) is 4. The van der Waals surface area contributed by atoms with Crippen LogP contribution in [-0.2, 0) is 10.0 Å². The van der Waals surface area contributed by atoms with E-state index in [4.69, 9.17) is 0 Å². The van der Waals surface area contributed by atoms with Crippen LogP contribution in [0.3, 0.4) is 0 Å². The molecule has 0 spiro atoms. The van der Waals surface area contributed by atoms with Gasteiger partial charge in [0.2, 0.25) is 0 Å². The number of alkyl halides is 3. The molecule has 0 amide bonds. The Morgan fingerprint density at radius 1 is 1.19 bits per heavy atom. The Balaban J connectivity index is 0.00000676. The van der Waals surface area contributed by atoms with Crippen molar-refractivity contribution < 1.29 is 21.6 Å². The van der Waals surface area contributed by atoms with Crippen LogP contribution in [-0.4, -0.2) is 82.0 Å². The molecule has 0 aromatic heterocycles. The second-order valence-corrected chi connectivity index (χ2v) is 8.13. The highest BCUT2D eigenvalue weighted by Crippen LogP contribution is 2.30. The maximum absolute atomic E-state index is 12.6. The Bertz CT molecular complexity index is 548. The van der Waals surface area contributed by atoms with Crippen molar-refractivity contribution in [3.63, 3.8) is 0 Å². The number of piperidine rings is 1. The van der Waals surface area contributed by atoms with Gasteiger partial charge in [-0.15, -0.1) is 24.0 Å². The van der Waals surface area contributed by atoms with Gasteiger partial charge in [0.25, 0.3) is 0 Å². The molecule has 0 bridgehead atoms. The summed E-state index contributed by atoms with van der Waals surface area (Å²) < 4.78 is 61.0. The monoisotopic (exact) mass is 529 g/mol. The molecule has 2 N–H and O–H groups in total. The van der Waals surface area contributed by atoms with Gasteiger partial charge in [-0.2, -0.15) is 17.5 Å². The summed E-state index contributed by atoms with van der Waals surface area (Å²) in [4.78, 5) is 6.40. The third kappa shape index (κ3) is 8.28. The zero-order valence-corrected chi connectivity index (χ0v) is 19.2. The average molecular weight is 529 g/mol. The Hall–Kier alpha value is -0.340. The molecule has 0 radical (unpaired) electrons. The van der Waals surface area contributed by atoms with Crippen molar-refractivity contribution in [3.8, 4) is 0 Å². The number of sulfonamides is 1. The molecule has 1 saturated heterocycles. The molecule has 162 valence electrons. The molecule has 0 atom stereocenters. The lowest BCUT2D eigenvalue weighted by Crippen LogP contribution is -2.47. The van der Waals surface area contributed by atoms with E-state index in [1.54, 1.807) is 7.05 Å². The summed E-state index contributed by atoms with van der Waals surface area (Å²) in [5, 5.41) is 6.37. The molecular formula is C15H31F3IN5O2S. The first kappa shape index (κ1) is 26.7. The number of nitrogens with one attached hydrogen (secondary N) is 2. The van der Waals surface area contributed by atoms with E-state index in [0.29, 0.717) is 29.7 Å². The van der Waals surface area contributed by atoms with Gasteiger partial charge >= 0.3 is 15.5 Å². The van der Waals surface area contributed by atoms with Gasteiger partial charge in [0, 0.05) is 39.8 Å². The highest BCUT2D eigenvalue weighted by Gasteiger charge is 2.50. The topological polar surface area (TPSA) is 77.0 Å². The van der Waals surface area contributed by atoms with Crippen molar-refractivity contribution in [2.75, 3.05) is 52.9 Å². The Morgan fingerprint density at radius 2 is 1.74 bits per heavy atom. The first-order chi connectivity index (χ1) is 12.2. The summed E-state index contributed by atoms with van der Waals surface area (Å²) >= 11 is 0. The lowest BCUT2D eigenvalue weighted by Gasteiger charge is -2.31. The first-order valence-corrected chi connectivity index (χ1v) is 10.3. The fraction of sp³-hybridized carbons (Fsp3) is 0.933. The van der Waals surface area contributed by atoms with Crippen LogP contribution in [0.5, 0.6) is 0 Å². The molecule has 0 aliphatic carbocycles. The number of guanidine groups is 1. The largest absolute Gasteiger partial charge is 0.511 e. The highest BCUT2D eigenvalue weighted by molar-refractivity contribution is 14.0. The van der Waals surface area contributed by atoms with E-state index < -0.39 is 15.5 Å². The molecule has 1 aliphatic heterocycles. The standard InChI is InChI=1S/C15H30F3N5O2S.HI/c1-4-22(5-2)11-8-20-14(19-3)21-12-13-6-9-23(10-7-13)26(24,25)15(16,17)18;/h13H,4-12H2,1-3H3,(H2,19,20,21);1H. The van der Waals surface area contributed by atoms with Crippen LogP contribution in [0.1, 0.15) is 26.7 Å². The summed E-state index contributed by atoms with van der Waals surface area (Å²) in [6.45, 7) is 8.11.